The Hall–Kier alpha value is -2.67. The number of amides is 1. The van der Waals surface area contributed by atoms with Crippen LogP contribution >= 0.6 is 11.3 Å². The highest BCUT2D eigenvalue weighted by Gasteiger charge is 2.13. The van der Waals surface area contributed by atoms with Crippen LogP contribution in [-0.4, -0.2) is 10.5 Å². The predicted molar refractivity (Wildman–Crippen MR) is 90.6 cm³/mol. The van der Waals surface area contributed by atoms with E-state index in [2.05, 4.69) is 11.6 Å². The van der Waals surface area contributed by atoms with Crippen LogP contribution in [0.15, 0.2) is 54.0 Å². The maximum atomic E-state index is 14.1. The molecule has 0 aliphatic carbocycles. The summed E-state index contributed by atoms with van der Waals surface area (Å²) in [5.41, 5.74) is 0.795. The Morgan fingerprint density at radius 3 is 2.56 bits per heavy atom. The molecule has 0 unspecified atom stereocenters. The van der Waals surface area contributed by atoms with Gasteiger partial charge in [0.1, 0.15) is 11.6 Å². The Labute approximate surface area is 145 Å². The van der Waals surface area contributed by atoms with Gasteiger partial charge in [0.05, 0.1) is 16.6 Å². The molecule has 3 aromatic rings. The molecule has 0 saturated carbocycles. The highest BCUT2D eigenvalue weighted by molar-refractivity contribution is 7.16. The van der Waals surface area contributed by atoms with Gasteiger partial charge in [-0.2, -0.15) is 4.99 Å². The molecule has 0 saturated heterocycles. The average Bonchev–Trinajstić information content (AvgIpc) is 2.87. The van der Waals surface area contributed by atoms with Gasteiger partial charge in [-0.1, -0.05) is 29.5 Å². The summed E-state index contributed by atoms with van der Waals surface area (Å²) < 4.78 is 42.3. The Bertz CT molecular complexity index is 1020. The minimum absolute atomic E-state index is 0.0144. The fraction of sp³-hybridized carbons (Fsp3) is 0.111. The number of allylic oxidation sites excluding steroid dienone is 1. The number of carbonyl (C=O) groups excluding carboxylic acids is 1. The molecule has 3 nitrogen and oxygen atoms in total. The van der Waals surface area contributed by atoms with E-state index in [4.69, 9.17) is 0 Å². The Morgan fingerprint density at radius 1 is 1.16 bits per heavy atom. The SMILES string of the molecule is C=CCn1c(=NC(=O)Cc2ccc(F)cc2)sc2cc(F)cc(F)c21. The van der Waals surface area contributed by atoms with Crippen LogP contribution in [0.4, 0.5) is 13.2 Å². The van der Waals surface area contributed by atoms with E-state index in [-0.39, 0.29) is 29.1 Å². The van der Waals surface area contributed by atoms with Crippen LogP contribution in [0.3, 0.4) is 0 Å². The van der Waals surface area contributed by atoms with Gasteiger partial charge in [0.25, 0.3) is 5.91 Å². The number of aromatic nitrogens is 1. The van der Waals surface area contributed by atoms with E-state index in [1.54, 1.807) is 6.08 Å². The molecule has 0 spiro atoms. The number of benzene rings is 2. The third-order valence-electron chi connectivity index (χ3n) is 3.50. The number of rotatable bonds is 4. The molecule has 1 heterocycles. The summed E-state index contributed by atoms with van der Waals surface area (Å²) in [6.45, 7) is 3.84. The maximum absolute atomic E-state index is 14.1. The average molecular weight is 362 g/mol. The van der Waals surface area contributed by atoms with Gasteiger partial charge in [-0.05, 0) is 23.8 Å². The number of thiazole rings is 1. The van der Waals surface area contributed by atoms with Crippen molar-refractivity contribution in [1.82, 2.24) is 4.57 Å². The van der Waals surface area contributed by atoms with Crippen LogP contribution in [0.1, 0.15) is 5.56 Å². The van der Waals surface area contributed by atoms with Crippen molar-refractivity contribution in [1.29, 1.82) is 0 Å². The van der Waals surface area contributed by atoms with Crippen molar-refractivity contribution in [3.05, 3.63) is 76.9 Å². The number of fused-ring (bicyclic) bond motifs is 1. The second-order valence-electron chi connectivity index (χ2n) is 5.33. The fourth-order valence-corrected chi connectivity index (χ4v) is 3.53. The molecule has 0 radical (unpaired) electrons. The third kappa shape index (κ3) is 3.71. The van der Waals surface area contributed by atoms with Crippen molar-refractivity contribution in [2.75, 3.05) is 0 Å². The first-order valence-electron chi connectivity index (χ1n) is 7.39. The van der Waals surface area contributed by atoms with Crippen LogP contribution in [0.2, 0.25) is 0 Å². The molecule has 1 aromatic heterocycles. The zero-order valence-electron chi connectivity index (χ0n) is 13.0. The molecular weight excluding hydrogens is 349 g/mol. The summed E-state index contributed by atoms with van der Waals surface area (Å²) >= 11 is 1.02. The van der Waals surface area contributed by atoms with Crippen molar-refractivity contribution in [2.24, 2.45) is 4.99 Å². The Morgan fingerprint density at radius 2 is 1.88 bits per heavy atom. The van der Waals surface area contributed by atoms with Crippen molar-refractivity contribution in [3.63, 3.8) is 0 Å². The molecule has 0 atom stereocenters. The summed E-state index contributed by atoms with van der Waals surface area (Å²) in [4.78, 5) is 16.5. The topological polar surface area (TPSA) is 34.4 Å². The Kier molecular flexibility index (Phi) is 4.85. The van der Waals surface area contributed by atoms with Crippen LogP contribution in [-0.2, 0) is 17.8 Å². The normalized spacial score (nSPS) is 11.9. The highest BCUT2D eigenvalue weighted by atomic mass is 32.1. The molecule has 7 heteroatoms. The largest absolute Gasteiger partial charge is 0.310 e. The van der Waals surface area contributed by atoms with Gasteiger partial charge in [0, 0.05) is 12.6 Å². The van der Waals surface area contributed by atoms with Gasteiger partial charge in [-0.25, -0.2) is 13.2 Å². The van der Waals surface area contributed by atoms with E-state index >= 15 is 0 Å². The number of hydrogen-bond donors (Lipinski definition) is 0. The molecule has 0 N–H and O–H groups in total. The molecule has 128 valence electrons. The summed E-state index contributed by atoms with van der Waals surface area (Å²) in [6.07, 6.45) is 1.53. The van der Waals surface area contributed by atoms with E-state index in [1.807, 2.05) is 0 Å². The highest BCUT2D eigenvalue weighted by Crippen LogP contribution is 2.22. The van der Waals surface area contributed by atoms with Crippen LogP contribution < -0.4 is 4.80 Å². The quantitative estimate of drug-likeness (QED) is 0.647. The monoisotopic (exact) mass is 362 g/mol. The van der Waals surface area contributed by atoms with Crippen molar-refractivity contribution in [2.45, 2.75) is 13.0 Å². The minimum atomic E-state index is -0.722. The minimum Gasteiger partial charge on any atom is -0.310 e. The number of nitrogens with zero attached hydrogens (tertiary/aromatic N) is 2. The summed E-state index contributed by atoms with van der Waals surface area (Å²) in [5, 5.41) is 0. The van der Waals surface area contributed by atoms with E-state index < -0.39 is 17.5 Å². The molecule has 25 heavy (non-hydrogen) atoms. The van der Waals surface area contributed by atoms with Crippen LogP contribution in [0.25, 0.3) is 10.2 Å². The zero-order chi connectivity index (χ0) is 18.0. The van der Waals surface area contributed by atoms with E-state index in [0.717, 1.165) is 17.4 Å². The molecule has 2 aromatic carbocycles. The lowest BCUT2D eigenvalue weighted by Gasteiger charge is -2.02. The lowest BCUT2D eigenvalue weighted by atomic mass is 10.1. The third-order valence-corrected chi connectivity index (χ3v) is 4.52. The van der Waals surface area contributed by atoms with Crippen molar-refractivity contribution in [3.8, 4) is 0 Å². The molecule has 0 aliphatic heterocycles. The molecule has 0 bridgehead atoms. The van der Waals surface area contributed by atoms with Gasteiger partial charge in [-0.15, -0.1) is 6.58 Å². The number of halogens is 3. The van der Waals surface area contributed by atoms with Crippen molar-refractivity contribution < 1.29 is 18.0 Å². The van der Waals surface area contributed by atoms with Crippen molar-refractivity contribution >= 4 is 27.5 Å². The van der Waals surface area contributed by atoms with E-state index in [0.29, 0.717) is 10.3 Å². The molecule has 0 fully saturated rings. The Balaban J connectivity index is 2.04. The summed E-state index contributed by atoms with van der Waals surface area (Å²) in [5.74, 6) is -2.27. The summed E-state index contributed by atoms with van der Waals surface area (Å²) in [7, 11) is 0. The van der Waals surface area contributed by atoms with Gasteiger partial charge in [-0.3, -0.25) is 4.79 Å². The predicted octanol–water partition coefficient (Wildman–Crippen LogP) is 3.98. The maximum Gasteiger partial charge on any atom is 0.252 e. The van der Waals surface area contributed by atoms with Gasteiger partial charge in [0.15, 0.2) is 10.6 Å². The van der Waals surface area contributed by atoms with Crippen LogP contribution in [0.5, 0.6) is 0 Å². The second-order valence-corrected chi connectivity index (χ2v) is 6.34. The molecule has 3 rings (SSSR count). The van der Waals surface area contributed by atoms with Gasteiger partial charge < -0.3 is 4.57 Å². The first-order valence-corrected chi connectivity index (χ1v) is 8.21. The number of carbonyl (C=O) groups is 1. The smallest absolute Gasteiger partial charge is 0.252 e. The number of hydrogen-bond acceptors (Lipinski definition) is 2. The molecule has 1 amide bonds. The second kappa shape index (κ2) is 7.06. The first kappa shape index (κ1) is 17.2. The standard InChI is InChI=1S/C18H13F3N2OS/c1-2-7-23-17-14(21)9-13(20)10-15(17)25-18(23)22-16(24)8-11-3-5-12(19)6-4-11/h2-6,9-10H,1,7-8H2. The fourth-order valence-electron chi connectivity index (χ4n) is 2.44. The van der Waals surface area contributed by atoms with Crippen LogP contribution in [0, 0.1) is 17.5 Å². The zero-order valence-corrected chi connectivity index (χ0v) is 13.8. The molecule has 0 aliphatic rings. The van der Waals surface area contributed by atoms with Gasteiger partial charge >= 0.3 is 0 Å². The first-order chi connectivity index (χ1) is 12.0. The van der Waals surface area contributed by atoms with Gasteiger partial charge in [0.2, 0.25) is 0 Å². The lowest BCUT2D eigenvalue weighted by molar-refractivity contribution is -0.117. The molecular formula is C18H13F3N2OS. The van der Waals surface area contributed by atoms with E-state index in [1.165, 1.54) is 34.9 Å². The lowest BCUT2D eigenvalue weighted by Crippen LogP contribution is -2.17. The van der Waals surface area contributed by atoms with E-state index in [9.17, 15) is 18.0 Å². The summed E-state index contributed by atoms with van der Waals surface area (Å²) in [6, 6.07) is 7.52.